The van der Waals surface area contributed by atoms with Crippen LogP contribution < -0.4 is 4.84 Å². The van der Waals surface area contributed by atoms with E-state index >= 15 is 0 Å². The average Bonchev–Trinajstić information content (AvgIpc) is 2.83. The molecule has 9 nitrogen and oxygen atoms in total. The van der Waals surface area contributed by atoms with Gasteiger partial charge in [0, 0.05) is 22.6 Å². The number of rotatable bonds is 2. The fourth-order valence-corrected chi connectivity index (χ4v) is 2.71. The molecule has 1 unspecified atom stereocenters. The highest BCUT2D eigenvalue weighted by Crippen LogP contribution is 2.20. The summed E-state index contributed by atoms with van der Waals surface area (Å²) in [5.74, 6) is 0. The topological polar surface area (TPSA) is 123 Å². The first-order chi connectivity index (χ1) is 9.97. The second-order valence-electron chi connectivity index (χ2n) is 4.38. The zero-order valence-corrected chi connectivity index (χ0v) is 13.2. The predicted molar refractivity (Wildman–Crippen MR) is 77.4 cm³/mol. The molecule has 3 heterocycles. The van der Waals surface area contributed by atoms with Gasteiger partial charge in [-0.15, -0.1) is 4.73 Å². The maximum Gasteiger partial charge on any atom is 0.253 e. The van der Waals surface area contributed by atoms with Crippen molar-refractivity contribution in [3.63, 3.8) is 0 Å². The molecule has 0 bridgehead atoms. The van der Waals surface area contributed by atoms with Crippen LogP contribution in [0.5, 0.6) is 0 Å². The first-order valence-corrected chi connectivity index (χ1v) is 7.32. The van der Waals surface area contributed by atoms with Crippen LogP contribution in [0.15, 0.2) is 6.33 Å². The predicted octanol–water partition coefficient (Wildman–Crippen LogP) is -1.05. The third-order valence-corrected chi connectivity index (χ3v) is 3.71. The quantitative estimate of drug-likeness (QED) is 0.315. The number of nitrogens with zero attached hydrogens (tertiary/aromatic N) is 4. The molecule has 0 aromatic carbocycles. The van der Waals surface area contributed by atoms with Gasteiger partial charge >= 0.3 is 0 Å². The maximum atomic E-state index is 9.83. The van der Waals surface area contributed by atoms with Crippen LogP contribution in [-0.4, -0.2) is 66.2 Å². The Balaban J connectivity index is 1.88. The van der Waals surface area contributed by atoms with Crippen LogP contribution in [-0.2, 0) is 4.74 Å². The Labute approximate surface area is 136 Å². The van der Waals surface area contributed by atoms with Gasteiger partial charge in [0.2, 0.25) is 5.65 Å². The highest BCUT2D eigenvalue weighted by molar-refractivity contribution is 14.1. The highest BCUT2D eigenvalue weighted by atomic mass is 127. The van der Waals surface area contributed by atoms with Crippen molar-refractivity contribution in [2.24, 2.45) is 0 Å². The smallest absolute Gasteiger partial charge is 0.253 e. The van der Waals surface area contributed by atoms with Crippen LogP contribution >= 0.6 is 34.2 Å². The summed E-state index contributed by atoms with van der Waals surface area (Å²) in [5.41, 5.74) is 0.638. The van der Waals surface area contributed by atoms with Gasteiger partial charge in [0.05, 0.1) is 6.61 Å². The number of imidazole rings is 1. The number of ether oxygens (including phenoxy) is 1. The molecule has 0 spiro atoms. The number of halogens is 2. The van der Waals surface area contributed by atoms with Crippen molar-refractivity contribution in [2.45, 2.75) is 24.6 Å². The first kappa shape index (κ1) is 15.1. The van der Waals surface area contributed by atoms with Gasteiger partial charge < -0.3 is 24.9 Å². The van der Waals surface area contributed by atoms with Gasteiger partial charge in [-0.25, -0.2) is 9.97 Å². The number of hydrogen-bond donors (Lipinski definition) is 3. The molecule has 0 amide bonds. The third kappa shape index (κ3) is 2.78. The molecule has 114 valence electrons. The molecule has 1 aliphatic heterocycles. The molecule has 0 radical (unpaired) electrons. The minimum atomic E-state index is -1.41. The van der Waals surface area contributed by atoms with Gasteiger partial charge in [-0.2, -0.15) is 4.98 Å². The summed E-state index contributed by atoms with van der Waals surface area (Å²) in [4.78, 5) is 17.5. The Morgan fingerprint density at radius 2 is 2.10 bits per heavy atom. The Morgan fingerprint density at radius 3 is 2.86 bits per heavy atom. The Morgan fingerprint density at radius 1 is 1.33 bits per heavy atom. The number of hydrogen-bond acceptors (Lipinski definition) is 8. The SMILES string of the molecule is O[C@@H]1[C@H](O)COC(On2cnc3c(Cl)nc(I)nc32)[C@@H]1O. The molecule has 3 N–H and O–H groups in total. The number of aliphatic hydroxyl groups excluding tert-OH is 3. The van der Waals surface area contributed by atoms with E-state index in [4.69, 9.17) is 21.2 Å². The van der Waals surface area contributed by atoms with Crippen LogP contribution in [0, 0.1) is 3.83 Å². The lowest BCUT2D eigenvalue weighted by Crippen LogP contribution is -2.56. The minimum absolute atomic E-state index is 0.164. The van der Waals surface area contributed by atoms with Gasteiger partial charge in [-0.3, -0.25) is 0 Å². The van der Waals surface area contributed by atoms with Gasteiger partial charge in [0.25, 0.3) is 6.29 Å². The van der Waals surface area contributed by atoms with Crippen molar-refractivity contribution >= 4 is 45.4 Å². The van der Waals surface area contributed by atoms with E-state index in [0.717, 1.165) is 0 Å². The molecule has 3 rings (SSSR count). The van der Waals surface area contributed by atoms with Gasteiger partial charge in [0.1, 0.15) is 30.2 Å². The normalized spacial score (nSPS) is 29.8. The van der Waals surface area contributed by atoms with E-state index in [1.165, 1.54) is 11.1 Å². The van der Waals surface area contributed by atoms with E-state index in [1.54, 1.807) is 0 Å². The van der Waals surface area contributed by atoms with Gasteiger partial charge in [0.15, 0.2) is 8.98 Å². The fourth-order valence-electron chi connectivity index (χ4n) is 1.88. The highest BCUT2D eigenvalue weighted by Gasteiger charge is 2.39. The van der Waals surface area contributed by atoms with E-state index in [1.807, 2.05) is 22.6 Å². The summed E-state index contributed by atoms with van der Waals surface area (Å²) in [7, 11) is 0. The number of aliphatic hydroxyl groups is 3. The molecule has 0 aliphatic carbocycles. The number of fused-ring (bicyclic) bond motifs is 1. The van der Waals surface area contributed by atoms with Crippen molar-refractivity contribution in [3.05, 3.63) is 15.3 Å². The van der Waals surface area contributed by atoms with Gasteiger partial charge in [-0.1, -0.05) is 11.6 Å². The lowest BCUT2D eigenvalue weighted by Gasteiger charge is -2.34. The summed E-state index contributed by atoms with van der Waals surface area (Å²) < 4.78 is 6.72. The van der Waals surface area contributed by atoms with Crippen molar-refractivity contribution < 1.29 is 24.9 Å². The summed E-state index contributed by atoms with van der Waals surface area (Å²) >= 11 is 7.84. The van der Waals surface area contributed by atoms with E-state index in [2.05, 4.69) is 15.0 Å². The minimum Gasteiger partial charge on any atom is -0.388 e. The third-order valence-electron chi connectivity index (χ3n) is 2.97. The fraction of sp³-hybridized carbons (Fsp3) is 0.500. The van der Waals surface area contributed by atoms with E-state index in [-0.39, 0.29) is 11.8 Å². The first-order valence-electron chi connectivity index (χ1n) is 5.86. The van der Waals surface area contributed by atoms with Crippen molar-refractivity contribution in [3.8, 4) is 0 Å². The standard InChI is InChI=1S/C10H10ClIN4O5/c11-7-4-8(15-10(12)14-7)16(2-13-4)21-9-6(19)5(18)3(17)1-20-9/h2-3,5-6,9,17-19H,1H2/t3-,5-,6-,9?/m1/s1. The molecular weight excluding hydrogens is 418 g/mol. The van der Waals surface area contributed by atoms with E-state index in [9.17, 15) is 15.3 Å². The Hall–Kier alpha value is -0.790. The summed E-state index contributed by atoms with van der Waals surface area (Å²) in [5, 5.41) is 29.0. The largest absolute Gasteiger partial charge is 0.388 e. The lowest BCUT2D eigenvalue weighted by molar-refractivity contribution is -0.268. The number of aromatic nitrogens is 4. The van der Waals surface area contributed by atoms with Crippen LogP contribution in [0.4, 0.5) is 0 Å². The Bertz CT molecular complexity index is 670. The second kappa shape index (κ2) is 5.78. The summed E-state index contributed by atoms with van der Waals surface area (Å²) in [6.07, 6.45) is -3.82. The van der Waals surface area contributed by atoms with Crippen LogP contribution in [0.1, 0.15) is 0 Å². The van der Waals surface area contributed by atoms with Gasteiger partial charge in [-0.05, 0) is 0 Å². The molecule has 1 fully saturated rings. The Kier molecular flexibility index (Phi) is 4.16. The zero-order chi connectivity index (χ0) is 15.1. The average molecular weight is 429 g/mol. The maximum absolute atomic E-state index is 9.83. The van der Waals surface area contributed by atoms with Crippen molar-refractivity contribution in [2.75, 3.05) is 6.61 Å². The zero-order valence-electron chi connectivity index (χ0n) is 10.3. The summed E-state index contributed by atoms with van der Waals surface area (Å²) in [6, 6.07) is 0. The van der Waals surface area contributed by atoms with E-state index < -0.39 is 24.6 Å². The molecule has 0 saturated carbocycles. The van der Waals surface area contributed by atoms with Crippen LogP contribution in [0.3, 0.4) is 0 Å². The van der Waals surface area contributed by atoms with Crippen molar-refractivity contribution in [1.29, 1.82) is 0 Å². The molecule has 11 heteroatoms. The molecule has 21 heavy (non-hydrogen) atoms. The molecule has 4 atom stereocenters. The van der Waals surface area contributed by atoms with Crippen molar-refractivity contribution in [1.82, 2.24) is 19.7 Å². The van der Waals surface area contributed by atoms with Crippen LogP contribution in [0.2, 0.25) is 5.15 Å². The molecule has 2 aromatic rings. The molecule has 1 saturated heterocycles. The summed E-state index contributed by atoms with van der Waals surface area (Å²) in [6.45, 7) is -0.164. The lowest BCUT2D eigenvalue weighted by atomic mass is 10.1. The second-order valence-corrected chi connectivity index (χ2v) is 5.70. The van der Waals surface area contributed by atoms with E-state index in [0.29, 0.717) is 15.0 Å². The van der Waals surface area contributed by atoms with Crippen LogP contribution in [0.25, 0.3) is 11.2 Å². The molecular formula is C10H10ClIN4O5. The monoisotopic (exact) mass is 428 g/mol. The molecule has 1 aliphatic rings. The molecule has 2 aromatic heterocycles.